The minimum Gasteiger partial charge on any atom is -0.294 e. The predicted molar refractivity (Wildman–Crippen MR) is 76.5 cm³/mol. The van der Waals surface area contributed by atoms with Gasteiger partial charge in [-0.15, -0.1) is 0 Å². The first-order valence-electron chi connectivity index (χ1n) is 6.08. The lowest BCUT2D eigenvalue weighted by Crippen LogP contribution is -2.05. The Kier molecular flexibility index (Phi) is 3.34. The van der Waals surface area contributed by atoms with Crippen molar-refractivity contribution in [3.05, 3.63) is 53.1 Å². The summed E-state index contributed by atoms with van der Waals surface area (Å²) >= 11 is 5.29. The molecule has 3 rings (SSSR count). The lowest BCUT2D eigenvalue weighted by Gasteiger charge is -2.06. The largest absolute Gasteiger partial charge is 0.294 e. The topological polar surface area (TPSA) is 72.3 Å². The van der Waals surface area contributed by atoms with Crippen molar-refractivity contribution in [3.8, 4) is 11.4 Å². The second kappa shape index (κ2) is 5.30. The van der Waals surface area contributed by atoms with Crippen LogP contribution in [0.5, 0.6) is 0 Å². The Morgan fingerprint density at radius 2 is 2.00 bits per heavy atom. The zero-order valence-corrected chi connectivity index (χ0v) is 11.6. The summed E-state index contributed by atoms with van der Waals surface area (Å²) in [6, 6.07) is 5.66. The van der Waals surface area contributed by atoms with Crippen molar-refractivity contribution in [2.45, 2.75) is 13.5 Å². The van der Waals surface area contributed by atoms with Crippen molar-refractivity contribution in [3.63, 3.8) is 0 Å². The van der Waals surface area contributed by atoms with Crippen LogP contribution >= 0.6 is 12.2 Å². The molecule has 0 unspecified atom stereocenters. The van der Waals surface area contributed by atoms with Crippen molar-refractivity contribution in [1.29, 1.82) is 0 Å². The van der Waals surface area contributed by atoms with E-state index in [4.69, 9.17) is 12.2 Å². The molecule has 0 fully saturated rings. The quantitative estimate of drug-likeness (QED) is 0.746. The number of hydrogen-bond donors (Lipinski definition) is 1. The van der Waals surface area contributed by atoms with Crippen molar-refractivity contribution in [2.24, 2.45) is 0 Å². The van der Waals surface area contributed by atoms with Gasteiger partial charge >= 0.3 is 0 Å². The van der Waals surface area contributed by atoms with Crippen LogP contribution in [-0.2, 0) is 6.54 Å². The number of hydrogen-bond acceptors (Lipinski definition) is 5. The molecule has 0 aliphatic rings. The molecule has 100 valence electrons. The summed E-state index contributed by atoms with van der Waals surface area (Å²) in [5.74, 6) is 1.51. The summed E-state index contributed by atoms with van der Waals surface area (Å²) in [4.78, 5) is 12.5. The average molecular weight is 284 g/mol. The van der Waals surface area contributed by atoms with E-state index in [9.17, 15) is 0 Å². The highest BCUT2D eigenvalue weighted by molar-refractivity contribution is 7.71. The Labute approximate surface area is 120 Å². The average Bonchev–Trinajstić information content (AvgIpc) is 2.81. The second-order valence-corrected chi connectivity index (χ2v) is 4.66. The molecular weight excluding hydrogens is 272 g/mol. The number of nitrogens with one attached hydrogen (secondary N) is 1. The number of aromatic nitrogens is 6. The van der Waals surface area contributed by atoms with E-state index in [0.717, 1.165) is 22.9 Å². The Bertz CT molecular complexity index is 777. The van der Waals surface area contributed by atoms with Crippen LogP contribution in [0.3, 0.4) is 0 Å². The van der Waals surface area contributed by atoms with E-state index in [1.54, 1.807) is 18.6 Å². The molecule has 0 atom stereocenters. The van der Waals surface area contributed by atoms with Gasteiger partial charge in [0, 0.05) is 24.2 Å². The van der Waals surface area contributed by atoms with Crippen LogP contribution in [-0.4, -0.2) is 29.7 Å². The Balaban J connectivity index is 2.02. The van der Waals surface area contributed by atoms with Crippen LogP contribution in [0.25, 0.3) is 11.4 Å². The number of aryl methyl sites for hydroxylation is 1. The summed E-state index contributed by atoms with van der Waals surface area (Å²) < 4.78 is 2.47. The molecular formula is C13H12N6S. The maximum atomic E-state index is 5.29. The van der Waals surface area contributed by atoms with Gasteiger partial charge in [-0.05, 0) is 37.3 Å². The van der Waals surface area contributed by atoms with Crippen LogP contribution in [0.15, 0.2) is 36.8 Å². The fourth-order valence-corrected chi connectivity index (χ4v) is 2.14. The standard InChI is InChI=1S/C13H12N6S/c1-9-15-7-4-11(16-9)8-19-12(17-18-13(19)20)10-2-5-14-6-3-10/h2-7H,8H2,1H3,(H,18,20). The van der Waals surface area contributed by atoms with Gasteiger partial charge in [-0.3, -0.25) is 14.6 Å². The van der Waals surface area contributed by atoms with Crippen LogP contribution < -0.4 is 0 Å². The highest BCUT2D eigenvalue weighted by Crippen LogP contribution is 2.16. The van der Waals surface area contributed by atoms with Gasteiger partial charge in [-0.25, -0.2) is 9.97 Å². The van der Waals surface area contributed by atoms with Gasteiger partial charge in [-0.2, -0.15) is 5.10 Å². The normalized spacial score (nSPS) is 10.7. The van der Waals surface area contributed by atoms with Crippen molar-refractivity contribution in [2.75, 3.05) is 0 Å². The Morgan fingerprint density at radius 1 is 1.20 bits per heavy atom. The summed E-state index contributed by atoms with van der Waals surface area (Å²) in [7, 11) is 0. The van der Waals surface area contributed by atoms with E-state index in [2.05, 4.69) is 25.1 Å². The fourth-order valence-electron chi connectivity index (χ4n) is 1.94. The third kappa shape index (κ3) is 2.48. The first kappa shape index (κ1) is 12.6. The summed E-state index contributed by atoms with van der Waals surface area (Å²) in [6.07, 6.45) is 5.20. The third-order valence-corrected chi connectivity index (χ3v) is 3.16. The minimum atomic E-state index is 0.552. The van der Waals surface area contributed by atoms with Gasteiger partial charge in [0.05, 0.1) is 12.2 Å². The summed E-state index contributed by atoms with van der Waals surface area (Å²) in [5.41, 5.74) is 1.85. The first-order chi connectivity index (χ1) is 9.74. The minimum absolute atomic E-state index is 0.552. The molecule has 0 saturated heterocycles. The maximum Gasteiger partial charge on any atom is 0.195 e. The molecule has 3 heterocycles. The molecule has 0 bridgehead atoms. The van der Waals surface area contributed by atoms with Crippen LogP contribution in [0, 0.1) is 11.7 Å². The van der Waals surface area contributed by atoms with Gasteiger partial charge in [0.1, 0.15) is 5.82 Å². The van der Waals surface area contributed by atoms with E-state index in [0.29, 0.717) is 11.3 Å². The zero-order chi connectivity index (χ0) is 13.9. The molecule has 3 aromatic heterocycles. The molecule has 0 spiro atoms. The molecule has 0 aromatic carbocycles. The summed E-state index contributed by atoms with van der Waals surface area (Å²) in [6.45, 7) is 2.41. The number of nitrogens with zero attached hydrogens (tertiary/aromatic N) is 5. The number of rotatable bonds is 3. The van der Waals surface area contributed by atoms with Crippen molar-refractivity contribution in [1.82, 2.24) is 29.7 Å². The van der Waals surface area contributed by atoms with E-state index in [-0.39, 0.29) is 0 Å². The first-order valence-corrected chi connectivity index (χ1v) is 6.49. The van der Waals surface area contributed by atoms with Gasteiger partial charge in [0.2, 0.25) is 0 Å². The molecule has 0 amide bonds. The van der Waals surface area contributed by atoms with E-state index in [1.807, 2.05) is 29.7 Å². The van der Waals surface area contributed by atoms with Crippen LogP contribution in [0.2, 0.25) is 0 Å². The maximum absolute atomic E-state index is 5.29. The molecule has 0 aliphatic carbocycles. The highest BCUT2D eigenvalue weighted by Gasteiger charge is 2.09. The third-order valence-electron chi connectivity index (χ3n) is 2.85. The number of H-pyrrole nitrogens is 1. The van der Waals surface area contributed by atoms with Crippen LogP contribution in [0.1, 0.15) is 11.5 Å². The SMILES string of the molecule is Cc1nccc(Cn2c(-c3ccncc3)n[nH]c2=S)n1. The van der Waals surface area contributed by atoms with E-state index >= 15 is 0 Å². The number of aromatic amines is 1. The van der Waals surface area contributed by atoms with Gasteiger partial charge in [-0.1, -0.05) is 0 Å². The van der Waals surface area contributed by atoms with Gasteiger partial charge in [0.25, 0.3) is 0 Å². The molecule has 1 N–H and O–H groups in total. The molecule has 6 nitrogen and oxygen atoms in total. The molecule has 0 saturated carbocycles. The lowest BCUT2D eigenvalue weighted by molar-refractivity contribution is 0.757. The molecule has 7 heteroatoms. The smallest absolute Gasteiger partial charge is 0.195 e. The highest BCUT2D eigenvalue weighted by atomic mass is 32.1. The zero-order valence-electron chi connectivity index (χ0n) is 10.8. The van der Waals surface area contributed by atoms with Gasteiger partial charge in [0.15, 0.2) is 10.6 Å². The lowest BCUT2D eigenvalue weighted by atomic mass is 10.2. The van der Waals surface area contributed by atoms with E-state index in [1.165, 1.54) is 0 Å². The molecule has 3 aromatic rings. The van der Waals surface area contributed by atoms with Gasteiger partial charge < -0.3 is 0 Å². The Hall–Kier alpha value is -2.41. The van der Waals surface area contributed by atoms with Crippen LogP contribution in [0.4, 0.5) is 0 Å². The molecule has 0 aliphatic heterocycles. The predicted octanol–water partition coefficient (Wildman–Crippen LogP) is 2.15. The summed E-state index contributed by atoms with van der Waals surface area (Å²) in [5, 5.41) is 7.10. The molecule has 20 heavy (non-hydrogen) atoms. The second-order valence-electron chi connectivity index (χ2n) is 4.27. The number of pyridine rings is 1. The van der Waals surface area contributed by atoms with E-state index < -0.39 is 0 Å². The fraction of sp³-hybridized carbons (Fsp3) is 0.154. The van der Waals surface area contributed by atoms with Crippen molar-refractivity contribution < 1.29 is 0 Å². The monoisotopic (exact) mass is 284 g/mol. The molecule has 0 radical (unpaired) electrons. The van der Waals surface area contributed by atoms with Crippen molar-refractivity contribution >= 4 is 12.2 Å². The Morgan fingerprint density at radius 3 is 2.75 bits per heavy atom.